The highest BCUT2D eigenvalue weighted by molar-refractivity contribution is 6.27. The molecule has 1 heterocycles. The molecule has 0 saturated carbocycles. The van der Waals surface area contributed by atoms with Crippen LogP contribution in [-0.2, 0) is 6.61 Å². The Hall–Kier alpha value is -3.58. The topological polar surface area (TPSA) is 61.8 Å². The minimum Gasteiger partial charge on any atom is -0.488 e. The van der Waals surface area contributed by atoms with E-state index in [0.29, 0.717) is 23.7 Å². The first-order valence-electron chi connectivity index (χ1n) is 11.2. The second kappa shape index (κ2) is 9.96. The van der Waals surface area contributed by atoms with Crippen LogP contribution in [0, 0.1) is 11.6 Å². The molecule has 3 aromatic rings. The molecule has 8 heteroatoms. The predicted octanol–water partition coefficient (Wildman–Crippen LogP) is 6.75. The summed E-state index contributed by atoms with van der Waals surface area (Å²) in [5, 5.41) is 13.1. The molecule has 35 heavy (non-hydrogen) atoms. The molecule has 0 saturated heterocycles. The molecule has 0 amide bonds. The van der Waals surface area contributed by atoms with E-state index in [1.165, 1.54) is 12.1 Å². The molecule has 1 aliphatic rings. The highest BCUT2D eigenvalue weighted by Crippen LogP contribution is 2.46. The Morgan fingerprint density at radius 1 is 1.17 bits per heavy atom. The van der Waals surface area contributed by atoms with Gasteiger partial charge in [-0.3, -0.25) is 0 Å². The van der Waals surface area contributed by atoms with Crippen molar-refractivity contribution in [3.05, 3.63) is 101 Å². The second-order valence-corrected chi connectivity index (χ2v) is 9.09. The minimum atomic E-state index is -1.07. The molecule has 0 spiro atoms. The van der Waals surface area contributed by atoms with Gasteiger partial charge in [-0.15, -0.1) is 0 Å². The summed E-state index contributed by atoms with van der Waals surface area (Å²) in [4.78, 5) is 13.0. The number of carbonyl (C=O) groups is 1. The van der Waals surface area contributed by atoms with Crippen LogP contribution < -0.4 is 15.0 Å². The average molecular weight is 499 g/mol. The highest BCUT2D eigenvalue weighted by atomic mass is 35.5. The first-order chi connectivity index (χ1) is 16.7. The van der Waals surface area contributed by atoms with Crippen molar-refractivity contribution in [3.63, 3.8) is 0 Å². The van der Waals surface area contributed by atoms with Crippen LogP contribution in [-0.4, -0.2) is 22.6 Å². The summed E-state index contributed by atoms with van der Waals surface area (Å²) in [6.45, 7) is 4.26. The van der Waals surface area contributed by atoms with E-state index in [1.54, 1.807) is 37.3 Å². The molecule has 2 atom stereocenters. The van der Waals surface area contributed by atoms with Gasteiger partial charge < -0.3 is 20.1 Å². The van der Waals surface area contributed by atoms with Crippen molar-refractivity contribution in [2.75, 3.05) is 16.8 Å². The molecular formula is C27H25ClF2N2O3. The number of alkyl halides is 1. The van der Waals surface area contributed by atoms with Gasteiger partial charge in [-0.05, 0) is 56.3 Å². The van der Waals surface area contributed by atoms with Crippen molar-refractivity contribution in [2.45, 2.75) is 31.5 Å². The summed E-state index contributed by atoms with van der Waals surface area (Å²) in [6, 6.07) is 15.2. The van der Waals surface area contributed by atoms with Crippen LogP contribution in [0.4, 0.5) is 20.2 Å². The number of nitrogens with one attached hydrogen (secondary N) is 1. The maximum atomic E-state index is 14.1. The smallest absolute Gasteiger partial charge is 0.337 e. The number of ether oxygens (including phenoxy) is 1. The molecule has 0 aromatic heterocycles. The number of carboxylic acid groups (broad SMARTS) is 1. The number of benzene rings is 3. The summed E-state index contributed by atoms with van der Waals surface area (Å²) < 4.78 is 33.3. The van der Waals surface area contributed by atoms with Gasteiger partial charge in [-0.25, -0.2) is 13.6 Å². The quantitative estimate of drug-likeness (QED) is 0.204. The monoisotopic (exact) mass is 498 g/mol. The molecule has 0 fully saturated rings. The zero-order chi connectivity index (χ0) is 25.2. The standard InChI is InChI=1S/C27H25ClF2N2O3/c1-3-31-19-10-11-23(21(15-19)26(33)34)32-24(12-13-27(32,2)28)20-6-4-5-7-25(20)35-16-17-8-9-18(29)14-22(17)30/h4-15,24,31H,3,16H2,1-2H3,(H,33,34). The van der Waals surface area contributed by atoms with E-state index in [0.717, 1.165) is 11.6 Å². The second-order valence-electron chi connectivity index (χ2n) is 8.33. The van der Waals surface area contributed by atoms with Crippen LogP contribution in [0.1, 0.15) is 41.4 Å². The van der Waals surface area contributed by atoms with Gasteiger partial charge in [0.25, 0.3) is 0 Å². The lowest BCUT2D eigenvalue weighted by Crippen LogP contribution is -2.39. The Morgan fingerprint density at radius 2 is 1.94 bits per heavy atom. The van der Waals surface area contributed by atoms with Crippen LogP contribution in [0.5, 0.6) is 5.75 Å². The van der Waals surface area contributed by atoms with Crippen molar-refractivity contribution in [1.29, 1.82) is 0 Å². The lowest BCUT2D eigenvalue weighted by atomic mass is 10.0. The third-order valence-corrected chi connectivity index (χ3v) is 6.14. The molecular weight excluding hydrogens is 474 g/mol. The van der Waals surface area contributed by atoms with E-state index in [9.17, 15) is 18.7 Å². The van der Waals surface area contributed by atoms with Gasteiger partial charge in [0.05, 0.1) is 17.3 Å². The maximum absolute atomic E-state index is 14.1. The largest absolute Gasteiger partial charge is 0.488 e. The number of halogens is 3. The van der Waals surface area contributed by atoms with Gasteiger partial charge in [-0.2, -0.15) is 0 Å². The number of hydrogen-bond acceptors (Lipinski definition) is 4. The highest BCUT2D eigenvalue weighted by Gasteiger charge is 2.40. The zero-order valence-electron chi connectivity index (χ0n) is 19.3. The van der Waals surface area contributed by atoms with Crippen LogP contribution in [0.25, 0.3) is 0 Å². The molecule has 2 unspecified atom stereocenters. The van der Waals surface area contributed by atoms with E-state index in [1.807, 2.05) is 36.1 Å². The molecule has 4 rings (SSSR count). The van der Waals surface area contributed by atoms with Crippen molar-refractivity contribution in [2.24, 2.45) is 0 Å². The molecule has 3 aromatic carbocycles. The number of anilines is 2. The Bertz CT molecular complexity index is 1280. The minimum absolute atomic E-state index is 0.102. The first kappa shape index (κ1) is 24.5. The van der Waals surface area contributed by atoms with Gasteiger partial charge in [0.15, 0.2) is 0 Å². The number of hydrogen-bond donors (Lipinski definition) is 2. The summed E-state index contributed by atoms with van der Waals surface area (Å²) in [5.41, 5.74) is 2.19. The van der Waals surface area contributed by atoms with E-state index < -0.39 is 28.6 Å². The molecule has 1 aliphatic heterocycles. The third-order valence-electron chi connectivity index (χ3n) is 5.84. The van der Waals surface area contributed by atoms with Crippen molar-refractivity contribution < 1.29 is 23.4 Å². The Kier molecular flexibility index (Phi) is 6.98. The van der Waals surface area contributed by atoms with Gasteiger partial charge >= 0.3 is 5.97 Å². The van der Waals surface area contributed by atoms with Crippen LogP contribution in [0.15, 0.2) is 72.8 Å². The third kappa shape index (κ3) is 5.10. The number of aromatic carboxylic acids is 1. The average Bonchev–Trinajstić information content (AvgIpc) is 3.13. The number of rotatable bonds is 8. The van der Waals surface area contributed by atoms with Gasteiger partial charge in [0.1, 0.15) is 29.0 Å². The Balaban J connectivity index is 1.71. The van der Waals surface area contributed by atoms with Gasteiger partial charge in [-0.1, -0.05) is 35.9 Å². The zero-order valence-corrected chi connectivity index (χ0v) is 20.0. The fraction of sp³-hybridized carbons (Fsp3) is 0.222. The molecule has 5 nitrogen and oxygen atoms in total. The lowest BCUT2D eigenvalue weighted by Gasteiger charge is -2.38. The molecule has 0 bridgehead atoms. The van der Waals surface area contributed by atoms with E-state index in [-0.39, 0.29) is 17.7 Å². The van der Waals surface area contributed by atoms with Crippen molar-refractivity contribution in [3.8, 4) is 5.75 Å². The van der Waals surface area contributed by atoms with Gasteiger partial charge in [0.2, 0.25) is 0 Å². The maximum Gasteiger partial charge on any atom is 0.337 e. The Morgan fingerprint density at radius 3 is 2.66 bits per heavy atom. The van der Waals surface area contributed by atoms with Crippen LogP contribution in [0.3, 0.4) is 0 Å². The molecule has 0 aliphatic carbocycles. The first-order valence-corrected chi connectivity index (χ1v) is 11.5. The summed E-state index contributed by atoms with van der Waals surface area (Å²) >= 11 is 6.86. The van der Waals surface area contributed by atoms with E-state index in [4.69, 9.17) is 16.3 Å². The Labute approximate surface area is 207 Å². The summed E-state index contributed by atoms with van der Waals surface area (Å²) in [6.07, 6.45) is 3.69. The summed E-state index contributed by atoms with van der Waals surface area (Å²) in [7, 11) is 0. The van der Waals surface area contributed by atoms with Crippen molar-refractivity contribution >= 4 is 28.9 Å². The molecule has 182 valence electrons. The number of nitrogens with zero attached hydrogens (tertiary/aromatic N) is 1. The van der Waals surface area contributed by atoms with E-state index >= 15 is 0 Å². The van der Waals surface area contributed by atoms with E-state index in [2.05, 4.69) is 5.32 Å². The fourth-order valence-corrected chi connectivity index (χ4v) is 4.48. The predicted molar refractivity (Wildman–Crippen MR) is 133 cm³/mol. The van der Waals surface area contributed by atoms with Crippen LogP contribution >= 0.6 is 11.6 Å². The lowest BCUT2D eigenvalue weighted by molar-refractivity contribution is 0.0697. The number of para-hydroxylation sites is 1. The molecule has 0 radical (unpaired) electrons. The van der Waals surface area contributed by atoms with Crippen molar-refractivity contribution in [1.82, 2.24) is 0 Å². The number of carboxylic acids is 1. The van der Waals surface area contributed by atoms with Crippen LogP contribution in [0.2, 0.25) is 0 Å². The fourth-order valence-electron chi connectivity index (χ4n) is 4.22. The SMILES string of the molecule is CCNc1ccc(N2C(c3ccccc3OCc3ccc(F)cc3F)C=CC2(C)Cl)c(C(=O)O)c1. The van der Waals surface area contributed by atoms with Gasteiger partial charge in [0, 0.05) is 29.4 Å². The molecule has 2 N–H and O–H groups in total. The normalized spacial score (nSPS) is 19.1. The summed E-state index contributed by atoms with van der Waals surface area (Å²) in [5.74, 6) is -1.94.